The van der Waals surface area contributed by atoms with Crippen LogP contribution in [0.25, 0.3) is 0 Å². The molecule has 2 nitrogen and oxygen atoms in total. The highest BCUT2D eigenvalue weighted by molar-refractivity contribution is 4.69. The predicted octanol–water partition coefficient (Wildman–Crippen LogP) is 6.62. The Balaban J connectivity index is 1.22. The zero-order chi connectivity index (χ0) is 16.0. The molecule has 0 spiro atoms. The number of hydrogen-bond acceptors (Lipinski definition) is 2. The van der Waals surface area contributed by atoms with Crippen molar-refractivity contribution in [2.24, 2.45) is 5.92 Å². The van der Waals surface area contributed by atoms with E-state index < -0.39 is 0 Å². The van der Waals surface area contributed by atoms with Crippen molar-refractivity contribution in [3.8, 4) is 0 Å². The fourth-order valence-corrected chi connectivity index (χ4v) is 3.79. The third-order valence-electron chi connectivity index (χ3n) is 5.67. The van der Waals surface area contributed by atoms with E-state index in [9.17, 15) is 0 Å². The van der Waals surface area contributed by atoms with E-state index >= 15 is 0 Å². The largest absolute Gasteiger partial charge is 0.353 e. The van der Waals surface area contributed by atoms with Crippen LogP contribution in [0.15, 0.2) is 0 Å². The van der Waals surface area contributed by atoms with Gasteiger partial charge in [0.2, 0.25) is 0 Å². The Hall–Kier alpha value is -0.0800. The molecule has 0 aromatic heterocycles. The van der Waals surface area contributed by atoms with Gasteiger partial charge in [-0.1, -0.05) is 83.5 Å². The van der Waals surface area contributed by atoms with Gasteiger partial charge in [0.25, 0.3) is 0 Å². The van der Waals surface area contributed by atoms with Gasteiger partial charge in [0.15, 0.2) is 6.29 Å². The molecule has 1 aliphatic heterocycles. The SMILES string of the molecule is C(CCCCCCC1CCC1)CCCCCOC1CCCCO1. The Morgan fingerprint density at radius 3 is 1.87 bits per heavy atom. The molecule has 1 heterocycles. The smallest absolute Gasteiger partial charge is 0.157 e. The summed E-state index contributed by atoms with van der Waals surface area (Å²) in [5.74, 6) is 1.11. The highest BCUT2D eigenvalue weighted by Gasteiger charge is 2.16. The topological polar surface area (TPSA) is 18.5 Å². The lowest BCUT2D eigenvalue weighted by molar-refractivity contribution is -0.162. The fourth-order valence-electron chi connectivity index (χ4n) is 3.79. The van der Waals surface area contributed by atoms with Crippen LogP contribution in [0.4, 0.5) is 0 Å². The van der Waals surface area contributed by atoms with Crippen molar-refractivity contribution in [3.05, 3.63) is 0 Å². The van der Waals surface area contributed by atoms with Crippen molar-refractivity contribution in [1.29, 1.82) is 0 Å². The van der Waals surface area contributed by atoms with Crippen LogP contribution in [0.5, 0.6) is 0 Å². The molecule has 0 aromatic rings. The summed E-state index contributed by atoms with van der Waals surface area (Å²) < 4.78 is 11.4. The molecule has 0 N–H and O–H groups in total. The minimum atomic E-state index is 0.105. The Morgan fingerprint density at radius 2 is 1.30 bits per heavy atom. The average Bonchev–Trinajstić information content (AvgIpc) is 2.54. The van der Waals surface area contributed by atoms with Crippen LogP contribution >= 0.6 is 0 Å². The molecule has 2 heteroatoms. The van der Waals surface area contributed by atoms with Crippen LogP contribution in [0.3, 0.4) is 0 Å². The van der Waals surface area contributed by atoms with E-state index in [-0.39, 0.29) is 6.29 Å². The standard InChI is InChI=1S/C21H40O2/c1(3-5-7-9-14-20-15-13-16-20)2-4-6-8-11-18-22-21-17-10-12-19-23-21/h20-21H,1-19H2. The van der Waals surface area contributed by atoms with Gasteiger partial charge >= 0.3 is 0 Å². The first-order valence-electron chi connectivity index (χ1n) is 10.7. The molecule has 1 saturated heterocycles. The lowest BCUT2D eigenvalue weighted by Gasteiger charge is -2.24. The molecule has 136 valence electrons. The Morgan fingerprint density at radius 1 is 0.652 bits per heavy atom. The van der Waals surface area contributed by atoms with E-state index in [0.29, 0.717) is 0 Å². The van der Waals surface area contributed by atoms with Crippen LogP contribution in [0.2, 0.25) is 0 Å². The van der Waals surface area contributed by atoms with Gasteiger partial charge in [0.1, 0.15) is 0 Å². The average molecular weight is 325 g/mol. The first-order chi connectivity index (χ1) is 11.4. The molecule has 1 aliphatic carbocycles. The predicted molar refractivity (Wildman–Crippen MR) is 97.7 cm³/mol. The number of ether oxygens (including phenoxy) is 2. The van der Waals surface area contributed by atoms with Crippen LogP contribution in [-0.4, -0.2) is 19.5 Å². The van der Waals surface area contributed by atoms with Crippen LogP contribution < -0.4 is 0 Å². The molecule has 1 unspecified atom stereocenters. The molecular weight excluding hydrogens is 284 g/mol. The maximum atomic E-state index is 5.77. The maximum absolute atomic E-state index is 5.77. The molecule has 23 heavy (non-hydrogen) atoms. The Kier molecular flexibility index (Phi) is 11.1. The lowest BCUT2D eigenvalue weighted by atomic mass is 9.81. The normalized spacial score (nSPS) is 22.2. The summed E-state index contributed by atoms with van der Waals surface area (Å²) >= 11 is 0. The van der Waals surface area contributed by atoms with E-state index in [2.05, 4.69) is 0 Å². The lowest BCUT2D eigenvalue weighted by Crippen LogP contribution is -2.22. The second-order valence-corrected chi connectivity index (χ2v) is 7.79. The molecule has 1 saturated carbocycles. The second-order valence-electron chi connectivity index (χ2n) is 7.79. The van der Waals surface area contributed by atoms with Crippen molar-refractivity contribution >= 4 is 0 Å². The minimum Gasteiger partial charge on any atom is -0.353 e. The Labute approximate surface area is 144 Å². The quantitative estimate of drug-likeness (QED) is 0.334. The molecule has 2 aliphatic rings. The molecule has 0 amide bonds. The van der Waals surface area contributed by atoms with Gasteiger partial charge in [-0.25, -0.2) is 0 Å². The molecular formula is C21H40O2. The van der Waals surface area contributed by atoms with Gasteiger partial charge in [-0.05, 0) is 31.6 Å². The zero-order valence-electron chi connectivity index (χ0n) is 15.4. The summed E-state index contributed by atoms with van der Waals surface area (Å²) in [7, 11) is 0. The molecule has 0 bridgehead atoms. The van der Waals surface area contributed by atoms with E-state index in [4.69, 9.17) is 9.47 Å². The third kappa shape index (κ3) is 9.72. The summed E-state index contributed by atoms with van der Waals surface area (Å²) in [4.78, 5) is 0. The number of unbranched alkanes of at least 4 members (excludes halogenated alkanes) is 9. The highest BCUT2D eigenvalue weighted by atomic mass is 16.7. The fraction of sp³-hybridized carbons (Fsp3) is 1.00. The van der Waals surface area contributed by atoms with E-state index in [1.807, 2.05) is 0 Å². The van der Waals surface area contributed by atoms with Crippen LogP contribution in [0.1, 0.15) is 109 Å². The van der Waals surface area contributed by atoms with Gasteiger partial charge in [-0.2, -0.15) is 0 Å². The Bertz CT molecular complexity index is 257. The van der Waals surface area contributed by atoms with Crippen molar-refractivity contribution in [2.75, 3.05) is 13.2 Å². The molecule has 0 radical (unpaired) electrons. The van der Waals surface area contributed by atoms with E-state index in [1.165, 1.54) is 103 Å². The summed E-state index contributed by atoms with van der Waals surface area (Å²) in [6.07, 6.45) is 23.9. The summed E-state index contributed by atoms with van der Waals surface area (Å²) in [5, 5.41) is 0. The van der Waals surface area contributed by atoms with Gasteiger partial charge in [0.05, 0.1) is 0 Å². The van der Waals surface area contributed by atoms with Crippen LogP contribution in [0, 0.1) is 5.92 Å². The first kappa shape index (κ1) is 19.2. The van der Waals surface area contributed by atoms with Gasteiger partial charge in [-0.3, -0.25) is 0 Å². The summed E-state index contributed by atoms with van der Waals surface area (Å²) in [5.41, 5.74) is 0. The molecule has 2 rings (SSSR count). The van der Waals surface area contributed by atoms with E-state index in [1.54, 1.807) is 0 Å². The highest BCUT2D eigenvalue weighted by Crippen LogP contribution is 2.31. The van der Waals surface area contributed by atoms with Gasteiger partial charge in [0, 0.05) is 13.2 Å². The zero-order valence-corrected chi connectivity index (χ0v) is 15.4. The molecule has 1 atom stereocenters. The summed E-state index contributed by atoms with van der Waals surface area (Å²) in [6, 6.07) is 0. The summed E-state index contributed by atoms with van der Waals surface area (Å²) in [6.45, 7) is 1.79. The van der Waals surface area contributed by atoms with Crippen molar-refractivity contribution in [2.45, 2.75) is 115 Å². The monoisotopic (exact) mass is 324 g/mol. The van der Waals surface area contributed by atoms with Gasteiger partial charge < -0.3 is 9.47 Å². The van der Waals surface area contributed by atoms with Crippen LogP contribution in [-0.2, 0) is 9.47 Å². The number of hydrogen-bond donors (Lipinski definition) is 0. The first-order valence-corrected chi connectivity index (χ1v) is 10.7. The third-order valence-corrected chi connectivity index (χ3v) is 5.67. The minimum absolute atomic E-state index is 0.105. The number of rotatable bonds is 14. The van der Waals surface area contributed by atoms with Crippen molar-refractivity contribution in [1.82, 2.24) is 0 Å². The maximum Gasteiger partial charge on any atom is 0.157 e. The second kappa shape index (κ2) is 13.2. The van der Waals surface area contributed by atoms with Crippen molar-refractivity contribution in [3.63, 3.8) is 0 Å². The van der Waals surface area contributed by atoms with Crippen molar-refractivity contribution < 1.29 is 9.47 Å². The molecule has 0 aromatic carbocycles. The molecule has 2 fully saturated rings. The van der Waals surface area contributed by atoms with Gasteiger partial charge in [-0.15, -0.1) is 0 Å². The van der Waals surface area contributed by atoms with E-state index in [0.717, 1.165) is 25.6 Å².